The molecule has 1 aromatic carbocycles. The van der Waals surface area contributed by atoms with Gasteiger partial charge in [0.2, 0.25) is 5.91 Å². The van der Waals surface area contributed by atoms with Crippen LogP contribution in [-0.2, 0) is 4.79 Å². The molecule has 1 heterocycles. The third-order valence-electron chi connectivity index (χ3n) is 2.27. The molecule has 1 atom stereocenters. The van der Waals surface area contributed by atoms with Crippen molar-refractivity contribution in [2.45, 2.75) is 6.04 Å². The Labute approximate surface area is 82.8 Å². The lowest BCUT2D eigenvalue weighted by molar-refractivity contribution is -0.120. The van der Waals surface area contributed by atoms with E-state index in [0.717, 1.165) is 11.3 Å². The quantitative estimate of drug-likeness (QED) is 0.696. The van der Waals surface area contributed by atoms with Crippen LogP contribution in [0.4, 0.5) is 5.69 Å². The molecule has 1 aliphatic rings. The summed E-state index contributed by atoms with van der Waals surface area (Å²) in [7, 11) is 1.64. The van der Waals surface area contributed by atoms with Gasteiger partial charge >= 0.3 is 0 Å². The lowest BCUT2D eigenvalue weighted by atomic mass is 10.1. The summed E-state index contributed by atoms with van der Waals surface area (Å²) >= 11 is 0. The van der Waals surface area contributed by atoms with Gasteiger partial charge < -0.3 is 10.6 Å². The molecule has 0 saturated carbocycles. The standard InChI is InChI=1S/C11H12N2O/c1-12-11(14)10-7-6-8-4-2-3-5-9(8)13-10/h2-7,10,13H,1H3,(H,12,14). The summed E-state index contributed by atoms with van der Waals surface area (Å²) in [5.41, 5.74) is 2.12. The van der Waals surface area contributed by atoms with E-state index in [2.05, 4.69) is 10.6 Å². The van der Waals surface area contributed by atoms with E-state index in [1.165, 1.54) is 0 Å². The number of likely N-dealkylation sites (N-methyl/N-ethyl adjacent to an activating group) is 1. The molecule has 1 amide bonds. The van der Waals surface area contributed by atoms with E-state index >= 15 is 0 Å². The van der Waals surface area contributed by atoms with Crippen LogP contribution in [0.3, 0.4) is 0 Å². The first-order valence-electron chi connectivity index (χ1n) is 4.56. The number of rotatable bonds is 1. The molecular weight excluding hydrogens is 176 g/mol. The Kier molecular flexibility index (Phi) is 2.23. The van der Waals surface area contributed by atoms with Crippen LogP contribution in [0.25, 0.3) is 6.08 Å². The van der Waals surface area contributed by atoms with E-state index in [0.29, 0.717) is 0 Å². The second-order valence-corrected chi connectivity index (χ2v) is 3.18. The minimum atomic E-state index is -0.255. The molecule has 0 aliphatic carbocycles. The van der Waals surface area contributed by atoms with E-state index in [1.54, 1.807) is 7.05 Å². The van der Waals surface area contributed by atoms with Crippen molar-refractivity contribution in [3.8, 4) is 0 Å². The van der Waals surface area contributed by atoms with Crippen molar-refractivity contribution >= 4 is 17.7 Å². The van der Waals surface area contributed by atoms with E-state index in [4.69, 9.17) is 0 Å². The van der Waals surface area contributed by atoms with Gasteiger partial charge in [-0.05, 0) is 11.6 Å². The van der Waals surface area contributed by atoms with Crippen molar-refractivity contribution in [2.24, 2.45) is 0 Å². The third-order valence-corrected chi connectivity index (χ3v) is 2.27. The van der Waals surface area contributed by atoms with Gasteiger partial charge in [-0.3, -0.25) is 4.79 Å². The number of benzene rings is 1. The van der Waals surface area contributed by atoms with Gasteiger partial charge in [0.05, 0.1) is 0 Å². The van der Waals surface area contributed by atoms with Gasteiger partial charge in [-0.2, -0.15) is 0 Å². The first-order chi connectivity index (χ1) is 6.81. The summed E-state index contributed by atoms with van der Waals surface area (Å²) in [4.78, 5) is 11.4. The van der Waals surface area contributed by atoms with Gasteiger partial charge in [0.15, 0.2) is 0 Å². The minimum absolute atomic E-state index is 0.0178. The predicted molar refractivity (Wildman–Crippen MR) is 57.0 cm³/mol. The molecule has 0 radical (unpaired) electrons. The molecule has 0 spiro atoms. The Morgan fingerprint density at radius 2 is 2.21 bits per heavy atom. The summed E-state index contributed by atoms with van der Waals surface area (Å²) < 4.78 is 0. The van der Waals surface area contributed by atoms with Crippen LogP contribution in [-0.4, -0.2) is 19.0 Å². The number of nitrogens with one attached hydrogen (secondary N) is 2. The number of hydrogen-bond donors (Lipinski definition) is 2. The number of carbonyl (C=O) groups excluding carboxylic acids is 1. The van der Waals surface area contributed by atoms with E-state index < -0.39 is 0 Å². The average Bonchev–Trinajstić information content (AvgIpc) is 2.27. The molecule has 14 heavy (non-hydrogen) atoms. The summed E-state index contributed by atoms with van der Waals surface area (Å²) in [6, 6.07) is 7.65. The van der Waals surface area contributed by atoms with Crippen molar-refractivity contribution < 1.29 is 4.79 Å². The normalized spacial score (nSPS) is 18.2. The topological polar surface area (TPSA) is 41.1 Å². The van der Waals surface area contributed by atoms with Crippen molar-refractivity contribution in [1.82, 2.24) is 5.32 Å². The van der Waals surface area contributed by atoms with Crippen LogP contribution in [0.1, 0.15) is 5.56 Å². The summed E-state index contributed by atoms with van der Waals surface area (Å²) in [5, 5.41) is 5.76. The van der Waals surface area contributed by atoms with Crippen molar-refractivity contribution in [1.29, 1.82) is 0 Å². The maximum Gasteiger partial charge on any atom is 0.246 e. The van der Waals surface area contributed by atoms with Gasteiger partial charge in [-0.15, -0.1) is 0 Å². The maximum absolute atomic E-state index is 11.4. The fourth-order valence-electron chi connectivity index (χ4n) is 1.50. The summed E-state index contributed by atoms with van der Waals surface area (Å²) in [6.45, 7) is 0. The highest BCUT2D eigenvalue weighted by Gasteiger charge is 2.17. The van der Waals surface area contributed by atoms with Gasteiger partial charge in [-0.1, -0.05) is 30.4 Å². The van der Waals surface area contributed by atoms with Crippen molar-refractivity contribution in [3.63, 3.8) is 0 Å². The van der Waals surface area contributed by atoms with Gasteiger partial charge in [0.25, 0.3) is 0 Å². The summed E-state index contributed by atoms with van der Waals surface area (Å²) in [5.74, 6) is -0.0178. The molecular formula is C11H12N2O. The maximum atomic E-state index is 11.4. The second kappa shape index (κ2) is 3.54. The monoisotopic (exact) mass is 188 g/mol. The van der Waals surface area contributed by atoms with E-state index in [1.807, 2.05) is 36.4 Å². The van der Waals surface area contributed by atoms with Crippen LogP contribution in [0.2, 0.25) is 0 Å². The summed E-state index contributed by atoms with van der Waals surface area (Å²) in [6.07, 6.45) is 3.83. The lowest BCUT2D eigenvalue weighted by Gasteiger charge is -2.20. The highest BCUT2D eigenvalue weighted by molar-refractivity contribution is 5.90. The molecule has 72 valence electrons. The first-order valence-corrected chi connectivity index (χ1v) is 4.56. The number of amides is 1. The number of anilines is 1. The van der Waals surface area contributed by atoms with Crippen LogP contribution < -0.4 is 10.6 Å². The SMILES string of the molecule is CNC(=O)C1C=Cc2ccccc2N1. The smallest absolute Gasteiger partial charge is 0.246 e. The Morgan fingerprint density at radius 1 is 1.43 bits per heavy atom. The Hall–Kier alpha value is -1.77. The second-order valence-electron chi connectivity index (χ2n) is 3.18. The molecule has 3 heteroatoms. The Bertz CT molecular complexity index is 385. The molecule has 1 aliphatic heterocycles. The van der Waals surface area contributed by atoms with Crippen molar-refractivity contribution in [3.05, 3.63) is 35.9 Å². The molecule has 0 bridgehead atoms. The highest BCUT2D eigenvalue weighted by atomic mass is 16.2. The van der Waals surface area contributed by atoms with Crippen LogP contribution >= 0.6 is 0 Å². The molecule has 2 N–H and O–H groups in total. The molecule has 0 fully saturated rings. The molecule has 1 aromatic rings. The average molecular weight is 188 g/mol. The molecule has 3 nitrogen and oxygen atoms in total. The van der Waals surface area contributed by atoms with Crippen LogP contribution in [0.15, 0.2) is 30.3 Å². The number of para-hydroxylation sites is 1. The Balaban J connectivity index is 2.25. The van der Waals surface area contributed by atoms with Crippen molar-refractivity contribution in [2.75, 3.05) is 12.4 Å². The molecule has 2 rings (SSSR count). The largest absolute Gasteiger partial charge is 0.370 e. The third kappa shape index (κ3) is 1.48. The number of carbonyl (C=O) groups is 1. The van der Waals surface area contributed by atoms with E-state index in [9.17, 15) is 4.79 Å². The first kappa shape index (κ1) is 8.81. The van der Waals surface area contributed by atoms with E-state index in [-0.39, 0.29) is 11.9 Å². The zero-order valence-electron chi connectivity index (χ0n) is 7.95. The Morgan fingerprint density at radius 3 is 3.00 bits per heavy atom. The number of fused-ring (bicyclic) bond motifs is 1. The fraction of sp³-hybridized carbons (Fsp3) is 0.182. The van der Waals surface area contributed by atoms with Gasteiger partial charge in [0, 0.05) is 12.7 Å². The zero-order chi connectivity index (χ0) is 9.97. The molecule has 0 saturated heterocycles. The highest BCUT2D eigenvalue weighted by Crippen LogP contribution is 2.22. The predicted octanol–water partition coefficient (Wildman–Crippen LogP) is 1.24. The molecule has 0 aromatic heterocycles. The van der Waals surface area contributed by atoms with Crippen LogP contribution in [0.5, 0.6) is 0 Å². The van der Waals surface area contributed by atoms with Gasteiger partial charge in [-0.25, -0.2) is 0 Å². The molecule has 1 unspecified atom stereocenters. The van der Waals surface area contributed by atoms with Gasteiger partial charge in [0.1, 0.15) is 6.04 Å². The van der Waals surface area contributed by atoms with Crippen LogP contribution in [0, 0.1) is 0 Å². The fourth-order valence-corrected chi connectivity index (χ4v) is 1.50. The zero-order valence-corrected chi connectivity index (χ0v) is 7.95. The lowest BCUT2D eigenvalue weighted by Crippen LogP contribution is -2.37. The minimum Gasteiger partial charge on any atom is -0.370 e. The number of hydrogen-bond acceptors (Lipinski definition) is 2.